The molecule has 6 heavy (non-hydrogen) atoms. The third-order valence-corrected chi connectivity index (χ3v) is 1.20. The van der Waals surface area contributed by atoms with Crippen LogP contribution < -0.4 is 0 Å². The topological polar surface area (TPSA) is 66.8 Å². The van der Waals surface area contributed by atoms with Gasteiger partial charge in [0.25, 0.3) is 0 Å². The van der Waals surface area contributed by atoms with Gasteiger partial charge in [-0.05, 0) is 0 Å². The van der Waals surface area contributed by atoms with Gasteiger partial charge in [0.1, 0.15) is 0 Å². The standard InChI is InChI=1S/H4O4P2/c1-5-4-6(2)3/h1,5-6H,(H,2,3). The summed E-state index contributed by atoms with van der Waals surface area (Å²) in [5.74, 6) is 0. The summed E-state index contributed by atoms with van der Waals surface area (Å²) in [7, 11) is -3.75. The predicted octanol–water partition coefficient (Wildman–Crippen LogP) is -0.114. The van der Waals surface area contributed by atoms with Gasteiger partial charge in [-0.2, -0.15) is 0 Å². The molecule has 0 radical (unpaired) electrons. The van der Waals surface area contributed by atoms with Crippen LogP contribution in [0.4, 0.5) is 0 Å². The first-order valence-electron chi connectivity index (χ1n) is 1.06. The van der Waals surface area contributed by atoms with E-state index in [0.29, 0.717) is 0 Å². The summed E-state index contributed by atoms with van der Waals surface area (Å²) in [6.45, 7) is 0. The molecular weight excluding hydrogens is 126 g/mol. The van der Waals surface area contributed by atoms with E-state index < -0.39 is 17.3 Å². The summed E-state index contributed by atoms with van der Waals surface area (Å²) in [5, 5.41) is 0. The summed E-state index contributed by atoms with van der Waals surface area (Å²) in [4.78, 5) is 15.4. The Morgan fingerprint density at radius 1 is 1.83 bits per heavy atom. The van der Waals surface area contributed by atoms with Crippen molar-refractivity contribution in [2.75, 3.05) is 0 Å². The Kier molecular flexibility index (Phi) is 4.06. The minimum atomic E-state index is -2.87. The van der Waals surface area contributed by atoms with Crippen molar-refractivity contribution >= 4 is 17.3 Å². The molecule has 4 nitrogen and oxygen atoms in total. The minimum Gasteiger partial charge on any atom is -0.352 e. The number of rotatable bonds is 2. The molecule has 2 N–H and O–H groups in total. The van der Waals surface area contributed by atoms with E-state index in [1.165, 1.54) is 0 Å². The van der Waals surface area contributed by atoms with Crippen molar-refractivity contribution in [2.45, 2.75) is 0 Å². The van der Waals surface area contributed by atoms with E-state index in [1.54, 1.807) is 0 Å². The number of hydrogen-bond acceptors (Lipinski definition) is 3. The average molecular weight is 130 g/mol. The van der Waals surface area contributed by atoms with Crippen LogP contribution in [0.15, 0.2) is 0 Å². The monoisotopic (exact) mass is 130 g/mol. The Hall–Kier alpha value is 0.540. The van der Waals surface area contributed by atoms with Crippen LogP contribution in [-0.4, -0.2) is 9.79 Å². The molecular formula is H4O4P2. The number of hydrogen-bond donors (Lipinski definition) is 2. The molecule has 0 saturated heterocycles. The van der Waals surface area contributed by atoms with Gasteiger partial charge < -0.3 is 9.79 Å². The normalized spacial score (nSPS) is 16.3. The second-order valence-electron chi connectivity index (χ2n) is 0.459. The maximum absolute atomic E-state index is 9.41. The van der Waals surface area contributed by atoms with E-state index in [0.717, 1.165) is 0 Å². The minimum absolute atomic E-state index is 0.879. The van der Waals surface area contributed by atoms with Crippen molar-refractivity contribution in [3.63, 3.8) is 0 Å². The van der Waals surface area contributed by atoms with Crippen LogP contribution in [0.5, 0.6) is 0 Å². The Morgan fingerprint density at radius 2 is 2.33 bits per heavy atom. The average Bonchev–Trinajstić information content (AvgIpc) is 1.35. The second-order valence-corrected chi connectivity index (χ2v) is 1.99. The molecule has 38 valence electrons. The second kappa shape index (κ2) is 3.72. The highest BCUT2D eigenvalue weighted by Gasteiger charge is 1.83. The zero-order valence-electron chi connectivity index (χ0n) is 2.71. The Labute approximate surface area is 37.0 Å². The van der Waals surface area contributed by atoms with Crippen molar-refractivity contribution in [3.05, 3.63) is 0 Å². The lowest BCUT2D eigenvalue weighted by Crippen LogP contribution is -1.52. The molecule has 2 unspecified atom stereocenters. The third-order valence-electron chi connectivity index (χ3n) is 0.133. The lowest BCUT2D eigenvalue weighted by atomic mass is 15.8. The van der Waals surface area contributed by atoms with Crippen molar-refractivity contribution in [1.29, 1.82) is 0 Å². The molecule has 0 aromatic rings. The summed E-state index contributed by atoms with van der Waals surface area (Å²) in [6.07, 6.45) is 0. The van der Waals surface area contributed by atoms with Crippen LogP contribution in [0, 0.1) is 0 Å². The third kappa shape index (κ3) is 4.54. The molecule has 0 heterocycles. The summed E-state index contributed by atoms with van der Waals surface area (Å²) in [5.41, 5.74) is 0. The van der Waals surface area contributed by atoms with Gasteiger partial charge in [-0.15, -0.1) is 0 Å². The van der Waals surface area contributed by atoms with Crippen molar-refractivity contribution in [3.8, 4) is 0 Å². The molecule has 0 rings (SSSR count). The highest BCUT2D eigenvalue weighted by atomic mass is 31.2. The highest BCUT2D eigenvalue weighted by Crippen LogP contribution is 2.24. The zero-order chi connectivity index (χ0) is 4.99. The van der Waals surface area contributed by atoms with E-state index >= 15 is 0 Å². The molecule has 0 saturated carbocycles. The fraction of sp³-hybridized carbons (Fsp3) is 0. The largest absolute Gasteiger partial charge is 0.352 e. The lowest BCUT2D eigenvalue weighted by molar-refractivity contribution is 0.411. The van der Waals surface area contributed by atoms with Crippen molar-refractivity contribution in [2.24, 2.45) is 0 Å². The molecule has 0 fully saturated rings. The van der Waals surface area contributed by atoms with Crippen LogP contribution in [0.2, 0.25) is 0 Å². The summed E-state index contributed by atoms with van der Waals surface area (Å²) in [6, 6.07) is 0. The Bertz CT molecular complexity index is 49.5. The van der Waals surface area contributed by atoms with E-state index in [1.807, 2.05) is 0 Å². The van der Waals surface area contributed by atoms with Crippen LogP contribution >= 0.6 is 17.3 Å². The molecule has 2 atom stereocenters. The molecule has 0 aromatic heterocycles. The Morgan fingerprint density at radius 3 is 2.33 bits per heavy atom. The van der Waals surface area contributed by atoms with Gasteiger partial charge in [0.2, 0.25) is 0 Å². The quantitative estimate of drug-likeness (QED) is 0.511. The van der Waals surface area contributed by atoms with Gasteiger partial charge in [0.15, 0.2) is 9.03 Å². The lowest BCUT2D eigenvalue weighted by Gasteiger charge is -1.85. The molecule has 0 bridgehead atoms. The van der Waals surface area contributed by atoms with Gasteiger partial charge in [0.05, 0.1) is 0 Å². The fourth-order valence-electron chi connectivity index (χ4n) is 0.0390. The van der Waals surface area contributed by atoms with Gasteiger partial charge in [0, 0.05) is 0 Å². The molecule has 0 aliphatic rings. The maximum Gasteiger partial charge on any atom is 0.321 e. The Balaban J connectivity index is 2.83. The van der Waals surface area contributed by atoms with Crippen molar-refractivity contribution < 1.29 is 18.7 Å². The SMILES string of the molecule is O=[PH](O)OPO. The van der Waals surface area contributed by atoms with Gasteiger partial charge in [-0.25, -0.2) is 0 Å². The summed E-state index contributed by atoms with van der Waals surface area (Å²) < 4.78 is 13.1. The highest BCUT2D eigenvalue weighted by molar-refractivity contribution is 7.43. The zero-order valence-corrected chi connectivity index (χ0v) is 4.71. The van der Waals surface area contributed by atoms with Crippen LogP contribution in [0.3, 0.4) is 0 Å². The predicted molar refractivity (Wildman–Crippen MR) is 22.8 cm³/mol. The van der Waals surface area contributed by atoms with Gasteiger partial charge >= 0.3 is 8.25 Å². The molecule has 0 aromatic carbocycles. The van der Waals surface area contributed by atoms with Crippen molar-refractivity contribution in [1.82, 2.24) is 0 Å². The van der Waals surface area contributed by atoms with Crippen LogP contribution in [0.25, 0.3) is 0 Å². The molecule has 0 spiro atoms. The molecule has 6 heteroatoms. The molecule has 0 aliphatic carbocycles. The van der Waals surface area contributed by atoms with Gasteiger partial charge in [-0.1, -0.05) is 0 Å². The van der Waals surface area contributed by atoms with E-state index in [4.69, 9.17) is 9.79 Å². The van der Waals surface area contributed by atoms with Crippen LogP contribution in [0.1, 0.15) is 0 Å². The first kappa shape index (κ1) is 6.54. The first-order chi connectivity index (χ1) is 2.77. The maximum atomic E-state index is 9.41. The smallest absolute Gasteiger partial charge is 0.321 e. The van der Waals surface area contributed by atoms with E-state index in [9.17, 15) is 4.57 Å². The van der Waals surface area contributed by atoms with Gasteiger partial charge in [-0.3, -0.25) is 8.88 Å². The van der Waals surface area contributed by atoms with Crippen LogP contribution in [-0.2, 0) is 8.88 Å². The summed E-state index contributed by atoms with van der Waals surface area (Å²) >= 11 is 0. The van der Waals surface area contributed by atoms with E-state index in [-0.39, 0.29) is 0 Å². The first-order valence-corrected chi connectivity index (χ1v) is 3.18. The molecule has 0 amide bonds. The fourth-order valence-corrected chi connectivity index (χ4v) is 0.351. The molecule has 0 aliphatic heterocycles. The van der Waals surface area contributed by atoms with E-state index in [2.05, 4.69) is 4.31 Å².